The van der Waals surface area contributed by atoms with Crippen molar-refractivity contribution in [1.82, 2.24) is 10.3 Å². The molecule has 0 spiro atoms. The van der Waals surface area contributed by atoms with Gasteiger partial charge in [0.05, 0.1) is 6.07 Å². The number of carbonyl (C=O) groups is 1. The summed E-state index contributed by atoms with van der Waals surface area (Å²) in [5.41, 5.74) is -0.164. The largest absolute Gasteiger partial charge is 0.505 e. The van der Waals surface area contributed by atoms with E-state index in [9.17, 15) is 14.3 Å². The maximum absolute atomic E-state index is 13.6. The molecule has 0 aliphatic carbocycles. The molecular formula is C14H10FN3O2. The van der Waals surface area contributed by atoms with Gasteiger partial charge in [-0.1, -0.05) is 18.2 Å². The Bertz CT molecular complexity index is 682. The summed E-state index contributed by atoms with van der Waals surface area (Å²) >= 11 is 0. The van der Waals surface area contributed by atoms with E-state index in [1.54, 1.807) is 12.1 Å². The SMILES string of the molecule is N#CC(NC(=O)c1ncccc1O)c1ccccc1F. The molecule has 1 unspecified atom stereocenters. The second-order valence-electron chi connectivity index (χ2n) is 3.93. The summed E-state index contributed by atoms with van der Waals surface area (Å²) in [5, 5.41) is 20.9. The highest BCUT2D eigenvalue weighted by Crippen LogP contribution is 2.18. The molecule has 0 fully saturated rings. The van der Waals surface area contributed by atoms with E-state index in [0.29, 0.717) is 0 Å². The van der Waals surface area contributed by atoms with Crippen LogP contribution in [0.1, 0.15) is 22.1 Å². The Balaban J connectivity index is 2.24. The Hall–Kier alpha value is -2.94. The van der Waals surface area contributed by atoms with Crippen molar-refractivity contribution in [2.24, 2.45) is 0 Å². The third-order valence-electron chi connectivity index (χ3n) is 2.62. The Morgan fingerprint density at radius 2 is 2.10 bits per heavy atom. The Kier molecular flexibility index (Phi) is 3.91. The zero-order valence-corrected chi connectivity index (χ0v) is 10.2. The van der Waals surface area contributed by atoms with Crippen molar-refractivity contribution in [2.45, 2.75) is 6.04 Å². The van der Waals surface area contributed by atoms with Crippen LogP contribution in [0.3, 0.4) is 0 Å². The van der Waals surface area contributed by atoms with Crippen molar-refractivity contribution in [1.29, 1.82) is 5.26 Å². The fourth-order valence-electron chi connectivity index (χ4n) is 1.66. The normalized spacial score (nSPS) is 11.4. The number of halogens is 1. The topological polar surface area (TPSA) is 86.0 Å². The van der Waals surface area contributed by atoms with E-state index < -0.39 is 17.8 Å². The molecule has 0 radical (unpaired) electrons. The average molecular weight is 271 g/mol. The summed E-state index contributed by atoms with van der Waals surface area (Å²) in [6.45, 7) is 0. The lowest BCUT2D eigenvalue weighted by molar-refractivity contribution is 0.0936. The van der Waals surface area contributed by atoms with E-state index in [0.717, 1.165) is 0 Å². The molecule has 1 amide bonds. The average Bonchev–Trinajstić information content (AvgIpc) is 2.46. The van der Waals surface area contributed by atoms with Gasteiger partial charge in [0.2, 0.25) is 0 Å². The van der Waals surface area contributed by atoms with Gasteiger partial charge in [-0.15, -0.1) is 0 Å². The molecule has 0 aliphatic heterocycles. The second kappa shape index (κ2) is 5.80. The molecule has 6 heteroatoms. The third kappa shape index (κ3) is 2.72. The van der Waals surface area contributed by atoms with Crippen LogP contribution >= 0.6 is 0 Å². The predicted octanol–water partition coefficient (Wildman–Crippen LogP) is 1.92. The summed E-state index contributed by atoms with van der Waals surface area (Å²) in [6, 6.07) is 9.05. The maximum Gasteiger partial charge on any atom is 0.275 e. The number of nitriles is 1. The van der Waals surface area contributed by atoms with Crippen LogP contribution in [0.2, 0.25) is 0 Å². The van der Waals surface area contributed by atoms with Crippen LogP contribution in [0.15, 0.2) is 42.6 Å². The van der Waals surface area contributed by atoms with E-state index >= 15 is 0 Å². The summed E-state index contributed by atoms with van der Waals surface area (Å²) in [7, 11) is 0. The number of aromatic nitrogens is 1. The first-order chi connectivity index (χ1) is 9.63. The van der Waals surface area contributed by atoms with Crippen molar-refractivity contribution in [2.75, 3.05) is 0 Å². The lowest BCUT2D eigenvalue weighted by Gasteiger charge is -2.12. The monoisotopic (exact) mass is 271 g/mol. The van der Waals surface area contributed by atoms with Crippen LogP contribution in [0.4, 0.5) is 4.39 Å². The van der Waals surface area contributed by atoms with Gasteiger partial charge < -0.3 is 10.4 Å². The summed E-state index contributed by atoms with van der Waals surface area (Å²) in [4.78, 5) is 15.6. The highest BCUT2D eigenvalue weighted by atomic mass is 19.1. The van der Waals surface area contributed by atoms with Crippen molar-refractivity contribution in [3.05, 3.63) is 59.7 Å². The number of benzene rings is 1. The summed E-state index contributed by atoms with van der Waals surface area (Å²) < 4.78 is 13.6. The van der Waals surface area contributed by atoms with Gasteiger partial charge in [0.1, 0.15) is 17.6 Å². The first-order valence-corrected chi connectivity index (χ1v) is 5.72. The highest BCUT2D eigenvalue weighted by Gasteiger charge is 2.20. The summed E-state index contributed by atoms with van der Waals surface area (Å²) in [5.74, 6) is -1.65. The minimum Gasteiger partial charge on any atom is -0.505 e. The van der Waals surface area contributed by atoms with Crippen molar-refractivity contribution >= 4 is 5.91 Å². The number of hydrogen-bond donors (Lipinski definition) is 2. The molecule has 0 aliphatic rings. The first kappa shape index (κ1) is 13.5. The molecular weight excluding hydrogens is 261 g/mol. The Morgan fingerprint density at radius 3 is 2.75 bits per heavy atom. The lowest BCUT2D eigenvalue weighted by atomic mass is 10.1. The Labute approximate surface area is 114 Å². The number of amides is 1. The number of pyridine rings is 1. The molecule has 1 heterocycles. The van der Waals surface area contributed by atoms with Gasteiger partial charge >= 0.3 is 0 Å². The van der Waals surface area contributed by atoms with E-state index in [1.807, 2.05) is 0 Å². The molecule has 20 heavy (non-hydrogen) atoms. The van der Waals surface area contributed by atoms with Crippen LogP contribution in [0.25, 0.3) is 0 Å². The summed E-state index contributed by atoms with van der Waals surface area (Å²) in [6.07, 6.45) is 1.33. The zero-order chi connectivity index (χ0) is 14.5. The number of aromatic hydroxyl groups is 1. The smallest absolute Gasteiger partial charge is 0.275 e. The van der Waals surface area contributed by atoms with Crippen molar-refractivity contribution in [3.8, 4) is 11.8 Å². The van der Waals surface area contributed by atoms with E-state index in [1.165, 1.54) is 36.5 Å². The Morgan fingerprint density at radius 1 is 1.35 bits per heavy atom. The van der Waals surface area contributed by atoms with Gasteiger partial charge in [0.25, 0.3) is 5.91 Å². The molecule has 0 saturated carbocycles. The molecule has 1 aromatic carbocycles. The third-order valence-corrected chi connectivity index (χ3v) is 2.62. The fourth-order valence-corrected chi connectivity index (χ4v) is 1.66. The molecule has 100 valence electrons. The number of hydrogen-bond acceptors (Lipinski definition) is 4. The second-order valence-corrected chi connectivity index (χ2v) is 3.93. The van der Waals surface area contributed by atoms with Crippen LogP contribution in [0, 0.1) is 17.1 Å². The van der Waals surface area contributed by atoms with Crippen LogP contribution in [-0.2, 0) is 0 Å². The molecule has 1 atom stereocenters. The molecule has 5 nitrogen and oxygen atoms in total. The molecule has 0 saturated heterocycles. The van der Waals surface area contributed by atoms with Crippen LogP contribution in [-0.4, -0.2) is 16.0 Å². The van der Waals surface area contributed by atoms with Gasteiger partial charge in [-0.25, -0.2) is 9.37 Å². The van der Waals surface area contributed by atoms with E-state index in [2.05, 4.69) is 10.3 Å². The first-order valence-electron chi connectivity index (χ1n) is 5.72. The maximum atomic E-state index is 13.6. The quantitative estimate of drug-likeness (QED) is 0.893. The molecule has 2 rings (SSSR count). The fraction of sp³-hybridized carbons (Fsp3) is 0.0714. The van der Waals surface area contributed by atoms with E-state index in [-0.39, 0.29) is 17.0 Å². The van der Waals surface area contributed by atoms with Gasteiger partial charge in [-0.3, -0.25) is 4.79 Å². The molecule has 2 N–H and O–H groups in total. The van der Waals surface area contributed by atoms with Crippen molar-refractivity contribution in [3.63, 3.8) is 0 Å². The van der Waals surface area contributed by atoms with Crippen LogP contribution < -0.4 is 5.32 Å². The van der Waals surface area contributed by atoms with Crippen LogP contribution in [0.5, 0.6) is 5.75 Å². The van der Waals surface area contributed by atoms with Gasteiger partial charge in [0, 0.05) is 11.8 Å². The minimum atomic E-state index is -1.16. The lowest BCUT2D eigenvalue weighted by Crippen LogP contribution is -2.29. The number of nitrogens with zero attached hydrogens (tertiary/aromatic N) is 2. The van der Waals surface area contributed by atoms with Gasteiger partial charge in [-0.2, -0.15) is 5.26 Å². The predicted molar refractivity (Wildman–Crippen MR) is 68.1 cm³/mol. The number of nitrogens with one attached hydrogen (secondary N) is 1. The highest BCUT2D eigenvalue weighted by molar-refractivity contribution is 5.95. The molecule has 1 aromatic heterocycles. The molecule has 0 bridgehead atoms. The van der Waals surface area contributed by atoms with Gasteiger partial charge in [0.15, 0.2) is 5.69 Å². The van der Waals surface area contributed by atoms with Crippen molar-refractivity contribution < 1.29 is 14.3 Å². The number of rotatable bonds is 3. The number of carbonyl (C=O) groups excluding carboxylic acids is 1. The molecule has 2 aromatic rings. The zero-order valence-electron chi connectivity index (χ0n) is 10.2. The van der Waals surface area contributed by atoms with Gasteiger partial charge in [-0.05, 0) is 18.2 Å². The van der Waals surface area contributed by atoms with E-state index in [4.69, 9.17) is 5.26 Å². The standard InChI is InChI=1S/C14H10FN3O2/c15-10-5-2-1-4-9(10)11(8-16)18-14(20)13-12(19)6-3-7-17-13/h1-7,11,19H,(H,18,20). The minimum absolute atomic E-state index is 0.0544.